The fraction of sp³-hybridized carbons (Fsp3) is 0. The Labute approximate surface area is 109 Å². The normalized spacial score (nSPS) is 12.9. The van der Waals surface area contributed by atoms with E-state index < -0.39 is 0 Å². The number of benzene rings is 1. The molecule has 1 aliphatic heterocycles. The van der Waals surface area contributed by atoms with Crippen molar-refractivity contribution in [2.45, 2.75) is 0 Å². The molecule has 92 valence electrons. The summed E-state index contributed by atoms with van der Waals surface area (Å²) < 4.78 is 5.41. The summed E-state index contributed by atoms with van der Waals surface area (Å²) >= 11 is 0. The van der Waals surface area contributed by atoms with Gasteiger partial charge in [0, 0.05) is 5.56 Å². The lowest BCUT2D eigenvalue weighted by molar-refractivity contribution is 0.557. The van der Waals surface area contributed by atoms with Crippen LogP contribution in [0.3, 0.4) is 0 Å². The van der Waals surface area contributed by atoms with Crippen LogP contribution >= 0.6 is 0 Å². The lowest BCUT2D eigenvalue weighted by Crippen LogP contribution is -2.11. The molecule has 0 amide bonds. The minimum atomic E-state index is 0.678. The fourth-order valence-electron chi connectivity index (χ4n) is 2.17. The van der Waals surface area contributed by atoms with E-state index in [1.807, 2.05) is 36.4 Å². The van der Waals surface area contributed by atoms with E-state index in [2.05, 4.69) is 20.5 Å². The van der Waals surface area contributed by atoms with Crippen molar-refractivity contribution in [3.8, 4) is 11.3 Å². The molecule has 3 aromatic rings. The van der Waals surface area contributed by atoms with Crippen LogP contribution in [0, 0.1) is 0 Å². The van der Waals surface area contributed by atoms with Gasteiger partial charge in [-0.3, -0.25) is 5.10 Å². The Morgan fingerprint density at radius 3 is 2.89 bits per heavy atom. The highest BCUT2D eigenvalue weighted by molar-refractivity contribution is 6.11. The third kappa shape index (κ3) is 1.55. The van der Waals surface area contributed by atoms with Crippen molar-refractivity contribution >= 4 is 17.2 Å². The number of amidine groups is 1. The first-order chi connectivity index (χ1) is 9.42. The largest absolute Gasteiger partial charge is 0.461 e. The number of para-hydroxylation sites is 1. The maximum absolute atomic E-state index is 5.41. The Morgan fingerprint density at radius 1 is 1.05 bits per heavy atom. The van der Waals surface area contributed by atoms with Crippen LogP contribution in [0.15, 0.2) is 58.3 Å². The molecular formula is C14H10N4O. The molecule has 3 heterocycles. The first-order valence-electron chi connectivity index (χ1n) is 5.94. The van der Waals surface area contributed by atoms with Crippen LogP contribution < -0.4 is 5.32 Å². The highest BCUT2D eigenvalue weighted by Gasteiger charge is 2.19. The van der Waals surface area contributed by atoms with E-state index in [9.17, 15) is 0 Å². The van der Waals surface area contributed by atoms with Crippen molar-refractivity contribution in [1.29, 1.82) is 0 Å². The van der Waals surface area contributed by atoms with Crippen LogP contribution in [0.4, 0.5) is 11.4 Å². The number of hydrogen-bond acceptors (Lipinski definition) is 4. The van der Waals surface area contributed by atoms with Gasteiger partial charge in [-0.2, -0.15) is 5.10 Å². The summed E-state index contributed by atoms with van der Waals surface area (Å²) in [6.45, 7) is 0. The molecule has 0 saturated carbocycles. The van der Waals surface area contributed by atoms with Crippen LogP contribution in [-0.4, -0.2) is 16.0 Å². The number of aliphatic imine (C=N–C) groups is 1. The monoisotopic (exact) mass is 250 g/mol. The lowest BCUT2D eigenvalue weighted by Gasteiger charge is -2.03. The summed E-state index contributed by atoms with van der Waals surface area (Å²) in [5, 5.41) is 10.3. The van der Waals surface area contributed by atoms with E-state index >= 15 is 0 Å². The van der Waals surface area contributed by atoms with E-state index in [0.717, 1.165) is 22.6 Å². The topological polar surface area (TPSA) is 66.2 Å². The van der Waals surface area contributed by atoms with Crippen LogP contribution in [0.5, 0.6) is 0 Å². The Morgan fingerprint density at radius 2 is 2.00 bits per heavy atom. The Hall–Kier alpha value is -2.82. The second kappa shape index (κ2) is 3.84. The first kappa shape index (κ1) is 10.1. The molecule has 0 spiro atoms. The van der Waals surface area contributed by atoms with Crippen LogP contribution in [0.2, 0.25) is 0 Å². The van der Waals surface area contributed by atoms with Crippen molar-refractivity contribution in [2.75, 3.05) is 5.32 Å². The van der Waals surface area contributed by atoms with Crippen molar-refractivity contribution < 1.29 is 4.42 Å². The molecule has 0 unspecified atom stereocenters. The quantitative estimate of drug-likeness (QED) is 0.697. The zero-order valence-electron chi connectivity index (χ0n) is 9.92. The minimum absolute atomic E-state index is 0.678. The van der Waals surface area contributed by atoms with Gasteiger partial charge in [0.05, 0.1) is 29.5 Å². The number of anilines is 1. The number of aromatic nitrogens is 2. The molecule has 0 atom stereocenters. The number of furan rings is 1. The van der Waals surface area contributed by atoms with Gasteiger partial charge < -0.3 is 9.73 Å². The maximum Gasteiger partial charge on any atom is 0.174 e. The van der Waals surface area contributed by atoms with E-state index in [1.54, 1.807) is 12.5 Å². The molecule has 0 radical (unpaired) electrons. The van der Waals surface area contributed by atoms with Gasteiger partial charge >= 0.3 is 0 Å². The van der Waals surface area contributed by atoms with E-state index in [-0.39, 0.29) is 0 Å². The highest BCUT2D eigenvalue weighted by atomic mass is 16.3. The number of nitrogens with zero attached hydrogens (tertiary/aromatic N) is 2. The average Bonchev–Trinajstić information content (AvgIpc) is 3.08. The third-order valence-corrected chi connectivity index (χ3v) is 3.05. The van der Waals surface area contributed by atoms with Crippen molar-refractivity contribution in [1.82, 2.24) is 10.2 Å². The van der Waals surface area contributed by atoms with Crippen molar-refractivity contribution in [2.24, 2.45) is 4.99 Å². The summed E-state index contributed by atoms with van der Waals surface area (Å²) in [5.41, 5.74) is 3.72. The average molecular weight is 250 g/mol. The molecular weight excluding hydrogens is 240 g/mol. The number of H-pyrrole nitrogens is 1. The predicted octanol–water partition coefficient (Wildman–Crippen LogP) is 3.17. The Balaban J connectivity index is 1.97. The summed E-state index contributed by atoms with van der Waals surface area (Å²) in [6, 6.07) is 11.6. The van der Waals surface area contributed by atoms with Crippen molar-refractivity contribution in [3.63, 3.8) is 0 Å². The highest BCUT2D eigenvalue weighted by Crippen LogP contribution is 2.36. The van der Waals surface area contributed by atoms with E-state index in [1.165, 1.54) is 0 Å². The second-order valence-electron chi connectivity index (χ2n) is 4.24. The van der Waals surface area contributed by atoms with Gasteiger partial charge in [-0.25, -0.2) is 4.99 Å². The number of nitrogens with one attached hydrogen (secondary N) is 2. The molecule has 2 N–H and O–H groups in total. The molecule has 19 heavy (non-hydrogen) atoms. The molecule has 4 rings (SSSR count). The summed E-state index contributed by atoms with van der Waals surface area (Å²) in [7, 11) is 0. The number of fused-ring (bicyclic) bond motifs is 3. The summed E-state index contributed by atoms with van der Waals surface area (Å²) in [4.78, 5) is 4.63. The van der Waals surface area contributed by atoms with Gasteiger partial charge in [0.2, 0.25) is 0 Å². The van der Waals surface area contributed by atoms with Crippen molar-refractivity contribution in [3.05, 3.63) is 54.6 Å². The van der Waals surface area contributed by atoms with Gasteiger partial charge in [0.25, 0.3) is 0 Å². The van der Waals surface area contributed by atoms with Gasteiger partial charge in [0.1, 0.15) is 0 Å². The van der Waals surface area contributed by atoms with Gasteiger partial charge in [-0.1, -0.05) is 18.2 Å². The lowest BCUT2D eigenvalue weighted by atomic mass is 10.1. The fourth-order valence-corrected chi connectivity index (χ4v) is 2.17. The molecule has 0 aliphatic carbocycles. The summed E-state index contributed by atoms with van der Waals surface area (Å²) in [6.07, 6.45) is 3.38. The Kier molecular flexibility index (Phi) is 2.05. The minimum Gasteiger partial charge on any atom is -0.461 e. The molecule has 1 aliphatic rings. The van der Waals surface area contributed by atoms with Crippen LogP contribution in [0.1, 0.15) is 5.76 Å². The zero-order chi connectivity index (χ0) is 12.7. The number of rotatable bonds is 1. The van der Waals surface area contributed by atoms with Gasteiger partial charge in [-0.05, 0) is 18.2 Å². The molecule has 5 nitrogen and oxygen atoms in total. The molecule has 5 heteroatoms. The second-order valence-corrected chi connectivity index (χ2v) is 4.24. The molecule has 2 aromatic heterocycles. The van der Waals surface area contributed by atoms with Crippen LogP contribution in [0.25, 0.3) is 11.3 Å². The third-order valence-electron chi connectivity index (χ3n) is 3.05. The van der Waals surface area contributed by atoms with Crippen LogP contribution in [-0.2, 0) is 0 Å². The zero-order valence-corrected chi connectivity index (χ0v) is 9.92. The molecule has 0 fully saturated rings. The number of aromatic amines is 1. The summed E-state index contributed by atoms with van der Waals surface area (Å²) in [5.74, 6) is 1.38. The SMILES string of the molecule is c1coc(C2=Nc3ccccc3-c3[nH]ncc3N2)c1. The number of hydrogen-bond donors (Lipinski definition) is 2. The van der Waals surface area contributed by atoms with E-state index in [4.69, 9.17) is 4.42 Å². The van der Waals surface area contributed by atoms with Gasteiger partial charge in [0.15, 0.2) is 11.6 Å². The molecule has 0 saturated heterocycles. The molecule has 1 aromatic carbocycles. The molecule has 0 bridgehead atoms. The maximum atomic E-state index is 5.41. The Bertz CT molecular complexity index is 755. The van der Waals surface area contributed by atoms with Gasteiger partial charge in [-0.15, -0.1) is 0 Å². The first-order valence-corrected chi connectivity index (χ1v) is 5.94. The standard InChI is InChI=1S/C14H10N4O/c1-2-5-10-9(4-1)13-11(8-15-18-13)17-14(16-10)12-6-3-7-19-12/h1-8H,(H,15,18)(H,16,17). The smallest absolute Gasteiger partial charge is 0.174 e. The predicted molar refractivity (Wildman–Crippen MR) is 72.6 cm³/mol. The van der Waals surface area contributed by atoms with E-state index in [0.29, 0.717) is 11.6 Å².